The largest absolute Gasteiger partial charge is 0.481 e. The Morgan fingerprint density at radius 3 is 2.37 bits per heavy atom. The molecule has 0 spiro atoms. The van der Waals surface area contributed by atoms with Gasteiger partial charge >= 0.3 is 18.2 Å². The molecule has 0 saturated heterocycles. The molecular formula is C10H17F3N2O4. The number of ether oxygens (including phenoxy) is 1. The lowest BCUT2D eigenvalue weighted by molar-refractivity contribution is -0.173. The van der Waals surface area contributed by atoms with Gasteiger partial charge in [-0.05, 0) is 6.42 Å². The van der Waals surface area contributed by atoms with Crippen LogP contribution in [0.4, 0.5) is 18.0 Å². The lowest BCUT2D eigenvalue weighted by atomic mass is 10.1. The van der Waals surface area contributed by atoms with Crippen LogP contribution in [0.25, 0.3) is 0 Å². The maximum absolute atomic E-state index is 11.7. The second-order valence-electron chi connectivity index (χ2n) is 3.88. The summed E-state index contributed by atoms with van der Waals surface area (Å²) < 4.78 is 39.3. The first-order valence-corrected chi connectivity index (χ1v) is 5.61. The van der Waals surface area contributed by atoms with Crippen LogP contribution in [0.2, 0.25) is 0 Å². The molecule has 0 bridgehead atoms. The van der Waals surface area contributed by atoms with Crippen LogP contribution in [0.5, 0.6) is 0 Å². The number of hydrogen-bond donors (Lipinski definition) is 3. The van der Waals surface area contributed by atoms with Crippen LogP contribution in [-0.4, -0.2) is 49.6 Å². The molecule has 1 atom stereocenters. The Morgan fingerprint density at radius 2 is 1.84 bits per heavy atom. The summed E-state index contributed by atoms with van der Waals surface area (Å²) in [4.78, 5) is 21.6. The molecule has 19 heavy (non-hydrogen) atoms. The summed E-state index contributed by atoms with van der Waals surface area (Å²) in [6, 6.07) is -0.576. The molecule has 0 radical (unpaired) electrons. The van der Waals surface area contributed by atoms with Crippen LogP contribution in [-0.2, 0) is 9.53 Å². The van der Waals surface area contributed by atoms with E-state index in [9.17, 15) is 22.8 Å². The number of carboxylic acids is 1. The zero-order chi connectivity index (χ0) is 14.9. The van der Waals surface area contributed by atoms with Gasteiger partial charge in [0.2, 0.25) is 0 Å². The van der Waals surface area contributed by atoms with Gasteiger partial charge in [-0.25, -0.2) is 4.79 Å². The van der Waals surface area contributed by atoms with E-state index in [1.54, 1.807) is 0 Å². The summed E-state index contributed by atoms with van der Waals surface area (Å²) in [5, 5.41) is 13.2. The standard InChI is InChI=1S/C10H17F3N2O4/c1-7(8(16)17)2-3-14-9(18)15-4-5-19-6-10(11,12)13/h7H,2-6H2,1H3,(H,16,17)(H2,14,15,18). The molecule has 0 aromatic carbocycles. The summed E-state index contributed by atoms with van der Waals surface area (Å²) in [5.41, 5.74) is 0. The van der Waals surface area contributed by atoms with E-state index in [1.165, 1.54) is 6.92 Å². The van der Waals surface area contributed by atoms with E-state index in [0.717, 1.165) is 0 Å². The van der Waals surface area contributed by atoms with Crippen molar-refractivity contribution in [3.8, 4) is 0 Å². The maximum atomic E-state index is 11.7. The molecular weight excluding hydrogens is 269 g/mol. The summed E-state index contributed by atoms with van der Waals surface area (Å²) in [6.45, 7) is 0.0108. The van der Waals surface area contributed by atoms with Crippen LogP contribution in [0.15, 0.2) is 0 Å². The van der Waals surface area contributed by atoms with Crippen LogP contribution in [0.3, 0.4) is 0 Å². The van der Waals surface area contributed by atoms with E-state index in [2.05, 4.69) is 15.4 Å². The number of carbonyl (C=O) groups excluding carboxylic acids is 1. The van der Waals surface area contributed by atoms with Gasteiger partial charge in [0.15, 0.2) is 0 Å². The minimum atomic E-state index is -4.38. The van der Waals surface area contributed by atoms with Crippen molar-refractivity contribution in [2.45, 2.75) is 19.5 Å². The normalized spacial score (nSPS) is 12.8. The first kappa shape index (κ1) is 17.5. The van der Waals surface area contributed by atoms with Gasteiger partial charge in [0.05, 0.1) is 12.5 Å². The molecule has 0 saturated carbocycles. The minimum Gasteiger partial charge on any atom is -0.481 e. The third-order valence-corrected chi connectivity index (χ3v) is 2.08. The van der Waals surface area contributed by atoms with Crippen molar-refractivity contribution in [3.05, 3.63) is 0 Å². The van der Waals surface area contributed by atoms with Crippen LogP contribution in [0, 0.1) is 5.92 Å². The smallest absolute Gasteiger partial charge is 0.411 e. The van der Waals surface area contributed by atoms with E-state index in [1.807, 2.05) is 0 Å². The zero-order valence-electron chi connectivity index (χ0n) is 10.4. The molecule has 9 heteroatoms. The Morgan fingerprint density at radius 1 is 1.26 bits per heavy atom. The maximum Gasteiger partial charge on any atom is 0.411 e. The molecule has 2 amide bonds. The van der Waals surface area contributed by atoms with Crippen LogP contribution >= 0.6 is 0 Å². The van der Waals surface area contributed by atoms with E-state index in [4.69, 9.17) is 5.11 Å². The Kier molecular flexibility index (Phi) is 7.89. The highest BCUT2D eigenvalue weighted by Gasteiger charge is 2.27. The Labute approximate surface area is 108 Å². The lowest BCUT2D eigenvalue weighted by Gasteiger charge is -2.10. The van der Waals surface area contributed by atoms with Gasteiger partial charge in [-0.15, -0.1) is 0 Å². The molecule has 112 valence electrons. The first-order valence-electron chi connectivity index (χ1n) is 5.61. The monoisotopic (exact) mass is 286 g/mol. The summed E-state index contributed by atoms with van der Waals surface area (Å²) in [6.07, 6.45) is -4.11. The molecule has 6 nitrogen and oxygen atoms in total. The van der Waals surface area contributed by atoms with Gasteiger partial charge in [0.1, 0.15) is 6.61 Å². The number of rotatable bonds is 8. The Hall–Kier alpha value is -1.51. The molecule has 1 unspecified atom stereocenters. The summed E-state index contributed by atoms with van der Waals surface area (Å²) in [5.74, 6) is -1.53. The molecule has 0 rings (SSSR count). The fourth-order valence-electron chi connectivity index (χ4n) is 1.01. The summed E-state index contributed by atoms with van der Waals surface area (Å²) in [7, 11) is 0. The molecule has 0 aromatic rings. The van der Waals surface area contributed by atoms with Gasteiger partial charge in [-0.1, -0.05) is 6.92 Å². The quantitative estimate of drug-likeness (QED) is 0.580. The zero-order valence-corrected chi connectivity index (χ0v) is 10.4. The van der Waals surface area contributed by atoms with Gasteiger partial charge in [0.25, 0.3) is 0 Å². The van der Waals surface area contributed by atoms with Crippen LogP contribution in [0.1, 0.15) is 13.3 Å². The number of aliphatic carboxylic acids is 1. The average Bonchev–Trinajstić information content (AvgIpc) is 2.26. The fraction of sp³-hybridized carbons (Fsp3) is 0.800. The third-order valence-electron chi connectivity index (χ3n) is 2.08. The minimum absolute atomic E-state index is 0.0591. The van der Waals surface area contributed by atoms with Crippen molar-refractivity contribution >= 4 is 12.0 Å². The highest BCUT2D eigenvalue weighted by Crippen LogP contribution is 2.13. The van der Waals surface area contributed by atoms with Gasteiger partial charge < -0.3 is 20.5 Å². The number of hydrogen-bond acceptors (Lipinski definition) is 3. The molecule has 0 fully saturated rings. The van der Waals surface area contributed by atoms with Crippen LogP contribution < -0.4 is 10.6 Å². The number of carboxylic acid groups (broad SMARTS) is 1. The number of urea groups is 1. The first-order chi connectivity index (χ1) is 8.72. The predicted molar refractivity (Wildman–Crippen MR) is 59.7 cm³/mol. The van der Waals surface area contributed by atoms with E-state index < -0.39 is 30.7 Å². The van der Waals surface area contributed by atoms with Gasteiger partial charge in [-0.2, -0.15) is 13.2 Å². The van der Waals surface area contributed by atoms with E-state index in [-0.39, 0.29) is 26.1 Å². The number of nitrogens with one attached hydrogen (secondary N) is 2. The molecule has 0 aliphatic rings. The fourth-order valence-corrected chi connectivity index (χ4v) is 1.01. The Bertz CT molecular complexity index is 297. The molecule has 0 aromatic heterocycles. The molecule has 0 heterocycles. The van der Waals surface area contributed by atoms with Crippen molar-refractivity contribution in [2.24, 2.45) is 5.92 Å². The number of carbonyl (C=O) groups is 2. The topological polar surface area (TPSA) is 87.7 Å². The highest BCUT2D eigenvalue weighted by atomic mass is 19.4. The summed E-state index contributed by atoms with van der Waals surface area (Å²) >= 11 is 0. The third kappa shape index (κ3) is 11.3. The predicted octanol–water partition coefficient (Wildman–Crippen LogP) is 0.975. The second kappa shape index (κ2) is 8.57. The number of halogens is 3. The van der Waals surface area contributed by atoms with Crippen molar-refractivity contribution in [1.82, 2.24) is 10.6 Å². The van der Waals surface area contributed by atoms with E-state index in [0.29, 0.717) is 0 Å². The van der Waals surface area contributed by atoms with E-state index >= 15 is 0 Å². The van der Waals surface area contributed by atoms with Crippen molar-refractivity contribution in [3.63, 3.8) is 0 Å². The number of alkyl halides is 3. The second-order valence-corrected chi connectivity index (χ2v) is 3.88. The lowest BCUT2D eigenvalue weighted by Crippen LogP contribution is -2.38. The van der Waals surface area contributed by atoms with Crippen molar-refractivity contribution in [1.29, 1.82) is 0 Å². The highest BCUT2D eigenvalue weighted by molar-refractivity contribution is 5.74. The van der Waals surface area contributed by atoms with Crippen molar-refractivity contribution in [2.75, 3.05) is 26.3 Å². The average molecular weight is 286 g/mol. The molecule has 0 aliphatic carbocycles. The molecule has 3 N–H and O–H groups in total. The van der Waals surface area contributed by atoms with Crippen molar-refractivity contribution < 1.29 is 32.6 Å². The van der Waals surface area contributed by atoms with Gasteiger partial charge in [0, 0.05) is 13.1 Å². The van der Waals surface area contributed by atoms with Gasteiger partial charge in [-0.3, -0.25) is 4.79 Å². The Balaban J connectivity index is 3.48. The SMILES string of the molecule is CC(CCNC(=O)NCCOCC(F)(F)F)C(=O)O. The molecule has 0 aliphatic heterocycles. The number of amides is 2.